The number of hydrogen-bond donors (Lipinski definition) is 0. The van der Waals surface area contributed by atoms with Gasteiger partial charge >= 0.3 is 0 Å². The molecule has 0 bridgehead atoms. The summed E-state index contributed by atoms with van der Waals surface area (Å²) in [6.07, 6.45) is 0. The lowest BCUT2D eigenvalue weighted by molar-refractivity contribution is 0.621. The highest BCUT2D eigenvalue weighted by molar-refractivity contribution is 6.78. The van der Waals surface area contributed by atoms with Crippen molar-refractivity contribution in [2.75, 3.05) is 0 Å². The molecule has 0 heterocycles. The summed E-state index contributed by atoms with van der Waals surface area (Å²) in [5.41, 5.74) is 0. The molecule has 0 radical (unpaired) electrons. The Morgan fingerprint density at radius 3 is 1.35 bits per heavy atom. The molecule has 0 aromatic heterocycles. The molecular formula is C14H18OSi2. The maximum Gasteiger partial charge on any atom is 0.192 e. The van der Waals surface area contributed by atoms with Gasteiger partial charge in [-0.1, -0.05) is 60.7 Å². The van der Waals surface area contributed by atoms with E-state index >= 15 is 0 Å². The third-order valence-corrected chi connectivity index (χ3v) is 8.86. The molecule has 0 aliphatic heterocycles. The Balaban J connectivity index is 2.02. The van der Waals surface area contributed by atoms with Gasteiger partial charge in [0.25, 0.3) is 0 Å². The zero-order valence-electron chi connectivity index (χ0n) is 10.3. The fourth-order valence-electron chi connectivity index (χ4n) is 1.91. The van der Waals surface area contributed by atoms with E-state index in [9.17, 15) is 0 Å². The molecule has 0 fully saturated rings. The molecule has 17 heavy (non-hydrogen) atoms. The molecule has 0 aliphatic rings. The monoisotopic (exact) mass is 258 g/mol. The molecule has 2 aromatic rings. The van der Waals surface area contributed by atoms with Crippen molar-refractivity contribution in [3.63, 3.8) is 0 Å². The zero-order chi connectivity index (χ0) is 12.1. The first kappa shape index (κ1) is 12.3. The maximum atomic E-state index is 6.30. The molecule has 0 saturated carbocycles. The van der Waals surface area contributed by atoms with Crippen LogP contribution in [0.1, 0.15) is 0 Å². The van der Waals surface area contributed by atoms with Crippen molar-refractivity contribution in [3.8, 4) is 0 Å². The third kappa shape index (κ3) is 3.39. The average Bonchev–Trinajstić information content (AvgIpc) is 2.40. The Kier molecular flexibility index (Phi) is 4.31. The highest BCUT2D eigenvalue weighted by Crippen LogP contribution is 1.96. The molecule has 88 valence electrons. The minimum absolute atomic E-state index is 1.23. The molecule has 0 N–H and O–H groups in total. The van der Waals surface area contributed by atoms with Crippen LogP contribution in [0.5, 0.6) is 0 Å². The van der Waals surface area contributed by atoms with Crippen LogP contribution in [-0.4, -0.2) is 18.1 Å². The summed E-state index contributed by atoms with van der Waals surface area (Å²) in [4.78, 5) is 0. The summed E-state index contributed by atoms with van der Waals surface area (Å²) in [5, 5.41) is 2.78. The SMILES string of the molecule is C[SiH](O[SiH](C)c1ccccc1)c1ccccc1. The molecule has 2 atom stereocenters. The van der Waals surface area contributed by atoms with Gasteiger partial charge in [-0.05, 0) is 23.5 Å². The Bertz CT molecular complexity index is 401. The van der Waals surface area contributed by atoms with E-state index in [0.29, 0.717) is 0 Å². The topological polar surface area (TPSA) is 9.23 Å². The molecular weight excluding hydrogens is 240 g/mol. The molecule has 2 rings (SSSR count). The summed E-state index contributed by atoms with van der Waals surface area (Å²) in [5.74, 6) is 0. The van der Waals surface area contributed by atoms with Gasteiger partial charge in [0.15, 0.2) is 18.1 Å². The fraction of sp³-hybridized carbons (Fsp3) is 0.143. The summed E-state index contributed by atoms with van der Waals surface area (Å²) in [6.45, 7) is 4.53. The minimum Gasteiger partial charge on any atom is -0.453 e. The van der Waals surface area contributed by atoms with E-state index in [-0.39, 0.29) is 0 Å². The van der Waals surface area contributed by atoms with Crippen LogP contribution in [0.2, 0.25) is 13.1 Å². The Morgan fingerprint density at radius 1 is 0.647 bits per heavy atom. The normalized spacial score (nSPS) is 14.2. The predicted octanol–water partition coefficient (Wildman–Crippen LogP) is 1.52. The Labute approximate surface area is 107 Å². The van der Waals surface area contributed by atoms with E-state index < -0.39 is 18.1 Å². The number of hydrogen-bond acceptors (Lipinski definition) is 1. The second-order valence-corrected chi connectivity index (χ2v) is 9.23. The van der Waals surface area contributed by atoms with Gasteiger partial charge in [0, 0.05) is 0 Å². The van der Waals surface area contributed by atoms with Crippen LogP contribution < -0.4 is 10.4 Å². The second-order valence-electron chi connectivity index (χ2n) is 4.24. The minimum atomic E-state index is -1.23. The maximum absolute atomic E-state index is 6.30. The van der Waals surface area contributed by atoms with Gasteiger partial charge < -0.3 is 4.12 Å². The van der Waals surface area contributed by atoms with E-state index in [2.05, 4.69) is 73.8 Å². The third-order valence-electron chi connectivity index (χ3n) is 2.95. The van der Waals surface area contributed by atoms with Crippen LogP contribution in [0.4, 0.5) is 0 Å². The van der Waals surface area contributed by atoms with Crippen molar-refractivity contribution in [1.29, 1.82) is 0 Å². The quantitative estimate of drug-likeness (QED) is 0.756. The van der Waals surface area contributed by atoms with Crippen molar-refractivity contribution < 1.29 is 4.12 Å². The summed E-state index contributed by atoms with van der Waals surface area (Å²) < 4.78 is 6.30. The Hall–Kier alpha value is -1.17. The van der Waals surface area contributed by atoms with E-state index in [1.807, 2.05) is 0 Å². The number of rotatable bonds is 4. The first-order valence-electron chi connectivity index (χ1n) is 6.02. The summed E-state index contributed by atoms with van der Waals surface area (Å²) in [7, 11) is -2.45. The van der Waals surface area contributed by atoms with E-state index in [1.54, 1.807) is 0 Å². The fourth-order valence-corrected chi connectivity index (χ4v) is 7.15. The lowest BCUT2D eigenvalue weighted by atomic mass is 10.4. The van der Waals surface area contributed by atoms with Crippen LogP contribution in [-0.2, 0) is 4.12 Å². The molecule has 0 saturated heterocycles. The van der Waals surface area contributed by atoms with Gasteiger partial charge in [0.2, 0.25) is 0 Å². The van der Waals surface area contributed by atoms with Crippen molar-refractivity contribution in [3.05, 3.63) is 60.7 Å². The largest absolute Gasteiger partial charge is 0.453 e. The highest BCUT2D eigenvalue weighted by Gasteiger charge is 2.14. The van der Waals surface area contributed by atoms with Gasteiger partial charge in [-0.15, -0.1) is 0 Å². The standard InChI is InChI=1S/C14H18OSi2/c1-16(13-9-5-3-6-10-13)15-17(2)14-11-7-4-8-12-14/h3-12,16-17H,1-2H3. The molecule has 1 nitrogen and oxygen atoms in total. The molecule has 0 amide bonds. The molecule has 2 unspecified atom stereocenters. The van der Waals surface area contributed by atoms with Crippen molar-refractivity contribution in [1.82, 2.24) is 0 Å². The van der Waals surface area contributed by atoms with Crippen molar-refractivity contribution in [2.45, 2.75) is 13.1 Å². The number of benzene rings is 2. The van der Waals surface area contributed by atoms with E-state index in [0.717, 1.165) is 0 Å². The van der Waals surface area contributed by atoms with Crippen molar-refractivity contribution in [2.24, 2.45) is 0 Å². The average molecular weight is 258 g/mol. The molecule has 3 heteroatoms. The Morgan fingerprint density at radius 2 is 1.00 bits per heavy atom. The smallest absolute Gasteiger partial charge is 0.192 e. The van der Waals surface area contributed by atoms with Crippen LogP contribution >= 0.6 is 0 Å². The zero-order valence-corrected chi connectivity index (χ0v) is 12.6. The lowest BCUT2D eigenvalue weighted by Crippen LogP contribution is -2.41. The van der Waals surface area contributed by atoms with Crippen molar-refractivity contribution >= 4 is 28.5 Å². The molecule has 2 aromatic carbocycles. The van der Waals surface area contributed by atoms with Gasteiger partial charge in [-0.3, -0.25) is 0 Å². The van der Waals surface area contributed by atoms with Gasteiger partial charge in [0.1, 0.15) is 0 Å². The van der Waals surface area contributed by atoms with Crippen LogP contribution in [0.25, 0.3) is 0 Å². The molecule has 0 aliphatic carbocycles. The lowest BCUT2D eigenvalue weighted by Gasteiger charge is -2.18. The van der Waals surface area contributed by atoms with E-state index in [1.165, 1.54) is 10.4 Å². The highest BCUT2D eigenvalue weighted by atomic mass is 28.4. The van der Waals surface area contributed by atoms with Gasteiger partial charge in [0.05, 0.1) is 0 Å². The van der Waals surface area contributed by atoms with Crippen LogP contribution in [0.15, 0.2) is 60.7 Å². The van der Waals surface area contributed by atoms with Crippen LogP contribution in [0.3, 0.4) is 0 Å². The van der Waals surface area contributed by atoms with Crippen LogP contribution in [0, 0.1) is 0 Å². The van der Waals surface area contributed by atoms with Gasteiger partial charge in [-0.2, -0.15) is 0 Å². The van der Waals surface area contributed by atoms with Gasteiger partial charge in [-0.25, -0.2) is 0 Å². The first-order chi connectivity index (χ1) is 8.27. The predicted molar refractivity (Wildman–Crippen MR) is 79.3 cm³/mol. The van der Waals surface area contributed by atoms with E-state index in [4.69, 9.17) is 4.12 Å². The molecule has 0 spiro atoms. The summed E-state index contributed by atoms with van der Waals surface area (Å²) in [6, 6.07) is 21.2. The first-order valence-corrected chi connectivity index (χ1v) is 10.4. The summed E-state index contributed by atoms with van der Waals surface area (Å²) >= 11 is 0. The second kappa shape index (κ2) is 5.95.